The lowest BCUT2D eigenvalue weighted by atomic mass is 9.92. The molecule has 0 aromatic rings. The zero-order valence-corrected chi connectivity index (χ0v) is 8.13. The predicted octanol–water partition coefficient (Wildman–Crippen LogP) is 0.791. The van der Waals surface area contributed by atoms with Crippen molar-refractivity contribution in [3.8, 4) is 0 Å². The molecule has 0 spiro atoms. The van der Waals surface area contributed by atoms with E-state index in [0.29, 0.717) is 6.10 Å². The summed E-state index contributed by atoms with van der Waals surface area (Å²) in [6, 6.07) is 0. The molecule has 1 N–H and O–H groups in total. The second-order valence-electron chi connectivity index (χ2n) is 3.90. The fraction of sp³-hybridized carbons (Fsp3) is 1.00. The number of hydrogen-bond acceptors (Lipinski definition) is 3. The van der Waals surface area contributed by atoms with Gasteiger partial charge in [0.15, 0.2) is 0 Å². The van der Waals surface area contributed by atoms with Crippen LogP contribution in [0, 0.1) is 5.92 Å². The molecule has 2 heterocycles. The quantitative estimate of drug-likeness (QED) is 0.655. The van der Waals surface area contributed by atoms with Crippen molar-refractivity contribution in [1.82, 2.24) is 5.32 Å². The summed E-state index contributed by atoms with van der Waals surface area (Å²) >= 11 is 0. The van der Waals surface area contributed by atoms with Crippen LogP contribution in [0.2, 0.25) is 0 Å². The molecular formula is C10H19NO2. The van der Waals surface area contributed by atoms with Crippen molar-refractivity contribution in [2.45, 2.75) is 25.4 Å². The predicted molar refractivity (Wildman–Crippen MR) is 50.8 cm³/mol. The summed E-state index contributed by atoms with van der Waals surface area (Å²) in [7, 11) is 0. The summed E-state index contributed by atoms with van der Waals surface area (Å²) in [4.78, 5) is 0. The van der Waals surface area contributed by atoms with Crippen molar-refractivity contribution < 1.29 is 9.47 Å². The van der Waals surface area contributed by atoms with Gasteiger partial charge in [0.1, 0.15) is 0 Å². The number of ether oxygens (including phenoxy) is 2. The van der Waals surface area contributed by atoms with Crippen LogP contribution >= 0.6 is 0 Å². The Hall–Kier alpha value is -0.120. The van der Waals surface area contributed by atoms with Gasteiger partial charge in [0.05, 0.1) is 12.7 Å². The molecule has 1 unspecified atom stereocenters. The second kappa shape index (κ2) is 4.94. The van der Waals surface area contributed by atoms with Gasteiger partial charge >= 0.3 is 0 Å². The Morgan fingerprint density at radius 1 is 0.923 bits per heavy atom. The molecule has 1 atom stereocenters. The first-order valence-electron chi connectivity index (χ1n) is 5.37. The Kier molecular flexibility index (Phi) is 3.58. The fourth-order valence-corrected chi connectivity index (χ4v) is 2.19. The first kappa shape index (κ1) is 9.44. The van der Waals surface area contributed by atoms with Crippen molar-refractivity contribution in [1.29, 1.82) is 0 Å². The highest BCUT2D eigenvalue weighted by molar-refractivity contribution is 4.75. The van der Waals surface area contributed by atoms with Gasteiger partial charge < -0.3 is 14.8 Å². The van der Waals surface area contributed by atoms with E-state index in [1.54, 1.807) is 0 Å². The number of nitrogens with one attached hydrogen (secondary N) is 1. The molecule has 76 valence electrons. The molecule has 2 fully saturated rings. The van der Waals surface area contributed by atoms with Crippen LogP contribution in [0.25, 0.3) is 0 Å². The minimum absolute atomic E-state index is 0.485. The van der Waals surface area contributed by atoms with Crippen LogP contribution in [0.15, 0.2) is 0 Å². The molecule has 2 aliphatic heterocycles. The average molecular weight is 185 g/mol. The maximum Gasteiger partial charge on any atom is 0.0617 e. The van der Waals surface area contributed by atoms with Gasteiger partial charge in [0.2, 0.25) is 0 Å². The highest BCUT2D eigenvalue weighted by Crippen LogP contribution is 2.23. The van der Waals surface area contributed by atoms with Crippen molar-refractivity contribution in [3.63, 3.8) is 0 Å². The van der Waals surface area contributed by atoms with E-state index in [1.807, 2.05) is 0 Å². The molecule has 0 bridgehead atoms. The zero-order valence-electron chi connectivity index (χ0n) is 8.13. The molecule has 0 aromatic carbocycles. The lowest BCUT2D eigenvalue weighted by Crippen LogP contribution is -2.30. The Morgan fingerprint density at radius 2 is 1.77 bits per heavy atom. The van der Waals surface area contributed by atoms with Gasteiger partial charge in [-0.05, 0) is 31.7 Å². The molecule has 0 amide bonds. The van der Waals surface area contributed by atoms with Crippen LogP contribution in [0.5, 0.6) is 0 Å². The van der Waals surface area contributed by atoms with Crippen LogP contribution in [-0.4, -0.2) is 39.0 Å². The summed E-state index contributed by atoms with van der Waals surface area (Å²) in [5, 5.41) is 3.36. The van der Waals surface area contributed by atoms with E-state index in [2.05, 4.69) is 5.32 Å². The van der Waals surface area contributed by atoms with Gasteiger partial charge in [-0.1, -0.05) is 0 Å². The largest absolute Gasteiger partial charge is 0.381 e. The summed E-state index contributed by atoms with van der Waals surface area (Å²) in [6.07, 6.45) is 4.03. The van der Waals surface area contributed by atoms with Crippen LogP contribution in [0.1, 0.15) is 19.3 Å². The molecule has 0 saturated carbocycles. The monoisotopic (exact) mass is 185 g/mol. The Labute approximate surface area is 79.8 Å². The lowest BCUT2D eigenvalue weighted by Gasteiger charge is -2.29. The Morgan fingerprint density at radius 3 is 2.62 bits per heavy atom. The molecule has 2 aliphatic rings. The standard InChI is InChI=1S/C10H19NO2/c1-4-11-5-8-13-10(1)9-2-6-12-7-3-9/h9-11H,1-8H2. The summed E-state index contributed by atoms with van der Waals surface area (Å²) in [5.74, 6) is 0.744. The fourth-order valence-electron chi connectivity index (χ4n) is 2.19. The second-order valence-corrected chi connectivity index (χ2v) is 3.90. The lowest BCUT2D eigenvalue weighted by molar-refractivity contribution is -0.0283. The topological polar surface area (TPSA) is 30.5 Å². The van der Waals surface area contributed by atoms with Gasteiger partial charge in [0.25, 0.3) is 0 Å². The van der Waals surface area contributed by atoms with Gasteiger partial charge in [-0.15, -0.1) is 0 Å². The minimum atomic E-state index is 0.485. The third kappa shape index (κ3) is 2.66. The van der Waals surface area contributed by atoms with Crippen LogP contribution in [0.4, 0.5) is 0 Å². The third-order valence-corrected chi connectivity index (χ3v) is 3.01. The molecule has 2 saturated heterocycles. The van der Waals surface area contributed by atoms with Gasteiger partial charge in [-0.25, -0.2) is 0 Å². The van der Waals surface area contributed by atoms with Gasteiger partial charge in [0, 0.05) is 19.8 Å². The molecule has 0 aliphatic carbocycles. The summed E-state index contributed by atoms with van der Waals surface area (Å²) < 4.78 is 11.2. The van der Waals surface area contributed by atoms with Crippen molar-refractivity contribution in [2.24, 2.45) is 5.92 Å². The molecule has 0 aromatic heterocycles. The maximum atomic E-state index is 5.82. The van der Waals surface area contributed by atoms with E-state index in [9.17, 15) is 0 Å². The van der Waals surface area contributed by atoms with E-state index >= 15 is 0 Å². The van der Waals surface area contributed by atoms with E-state index in [-0.39, 0.29) is 0 Å². The average Bonchev–Trinajstić information content (AvgIpc) is 2.47. The maximum absolute atomic E-state index is 5.82. The summed E-state index contributed by atoms with van der Waals surface area (Å²) in [5.41, 5.74) is 0. The van der Waals surface area contributed by atoms with Crippen LogP contribution < -0.4 is 5.32 Å². The molecule has 3 nitrogen and oxygen atoms in total. The smallest absolute Gasteiger partial charge is 0.0617 e. The zero-order chi connectivity index (χ0) is 8.93. The first-order valence-corrected chi connectivity index (χ1v) is 5.37. The number of rotatable bonds is 1. The van der Waals surface area contributed by atoms with E-state index < -0.39 is 0 Å². The molecule has 0 radical (unpaired) electrons. The minimum Gasteiger partial charge on any atom is -0.381 e. The first-order chi connectivity index (χ1) is 6.47. The van der Waals surface area contributed by atoms with E-state index in [0.717, 1.165) is 38.8 Å². The Bertz CT molecular complexity index is 138. The van der Waals surface area contributed by atoms with Crippen LogP contribution in [-0.2, 0) is 9.47 Å². The summed E-state index contributed by atoms with van der Waals surface area (Å²) in [6.45, 7) is 4.86. The molecule has 3 heteroatoms. The van der Waals surface area contributed by atoms with E-state index in [4.69, 9.17) is 9.47 Å². The number of hydrogen-bond donors (Lipinski definition) is 1. The highest BCUT2D eigenvalue weighted by Gasteiger charge is 2.25. The van der Waals surface area contributed by atoms with Gasteiger partial charge in [-0.2, -0.15) is 0 Å². The SMILES string of the molecule is C1COC(C2CCOCC2)CCN1. The molecular weight excluding hydrogens is 166 g/mol. The molecule has 2 rings (SSSR count). The third-order valence-electron chi connectivity index (χ3n) is 3.01. The van der Waals surface area contributed by atoms with Crippen molar-refractivity contribution in [3.05, 3.63) is 0 Å². The Balaban J connectivity index is 1.82. The van der Waals surface area contributed by atoms with Crippen molar-refractivity contribution >= 4 is 0 Å². The highest BCUT2D eigenvalue weighted by atomic mass is 16.5. The van der Waals surface area contributed by atoms with Crippen molar-refractivity contribution in [2.75, 3.05) is 32.9 Å². The molecule has 13 heavy (non-hydrogen) atoms. The van der Waals surface area contributed by atoms with Gasteiger partial charge in [-0.3, -0.25) is 0 Å². The van der Waals surface area contributed by atoms with E-state index in [1.165, 1.54) is 19.3 Å². The van der Waals surface area contributed by atoms with Crippen LogP contribution in [0.3, 0.4) is 0 Å². The normalized spacial score (nSPS) is 32.8.